The molecule has 0 radical (unpaired) electrons. The summed E-state index contributed by atoms with van der Waals surface area (Å²) in [6, 6.07) is 0. The number of allylic oxidation sites excluding steroid dienone is 8. The molecule has 3 heteroatoms. The molecule has 0 aliphatic carbocycles. The molecule has 0 rings (SSSR count). The van der Waals surface area contributed by atoms with Gasteiger partial charge >= 0.3 is 0 Å². The van der Waals surface area contributed by atoms with E-state index in [4.69, 9.17) is 9.47 Å². The lowest BCUT2D eigenvalue weighted by Crippen LogP contribution is -2.49. The summed E-state index contributed by atoms with van der Waals surface area (Å²) in [6.45, 7) is 10.0. The van der Waals surface area contributed by atoms with E-state index in [0.29, 0.717) is 0 Å². The maximum absolute atomic E-state index is 6.12. The van der Waals surface area contributed by atoms with Crippen molar-refractivity contribution in [1.82, 2.24) is 4.90 Å². The van der Waals surface area contributed by atoms with E-state index in [2.05, 4.69) is 88.4 Å². The van der Waals surface area contributed by atoms with Gasteiger partial charge in [0, 0.05) is 13.2 Å². The number of nitrogens with zero attached hydrogens (tertiary/aromatic N) is 1. The smallest absolute Gasteiger partial charge is 0.0670 e. The van der Waals surface area contributed by atoms with Crippen molar-refractivity contribution in [2.45, 2.75) is 180 Å². The Morgan fingerprint density at radius 1 is 0.422 bits per heavy atom. The van der Waals surface area contributed by atoms with Gasteiger partial charge in [-0.3, -0.25) is 4.90 Å². The highest BCUT2D eigenvalue weighted by molar-refractivity contribution is 4.93. The molecule has 0 aliphatic rings. The van der Waals surface area contributed by atoms with Crippen LogP contribution >= 0.6 is 0 Å². The molecule has 0 aromatic heterocycles. The summed E-state index contributed by atoms with van der Waals surface area (Å²) >= 11 is 0. The van der Waals surface area contributed by atoms with E-state index >= 15 is 0 Å². The van der Waals surface area contributed by atoms with Gasteiger partial charge in [-0.05, 0) is 98.1 Å². The molecule has 0 amide bonds. The second-order valence-electron chi connectivity index (χ2n) is 13.7. The minimum absolute atomic E-state index is 0.0588. The van der Waals surface area contributed by atoms with Crippen LogP contribution in [0.25, 0.3) is 0 Å². The van der Waals surface area contributed by atoms with Gasteiger partial charge in [0.25, 0.3) is 0 Å². The van der Waals surface area contributed by atoms with E-state index in [0.717, 1.165) is 39.3 Å². The molecule has 0 bridgehead atoms. The van der Waals surface area contributed by atoms with Gasteiger partial charge in [-0.15, -0.1) is 0 Å². The molecule has 0 heterocycles. The Bertz CT molecular complexity index is 641. The van der Waals surface area contributed by atoms with E-state index in [1.165, 1.54) is 141 Å². The highest BCUT2D eigenvalue weighted by atomic mass is 16.5. The molecule has 0 aliphatic heterocycles. The Labute approximate surface area is 283 Å². The van der Waals surface area contributed by atoms with Crippen LogP contribution in [0.3, 0.4) is 0 Å². The summed E-state index contributed by atoms with van der Waals surface area (Å²) in [7, 11) is 4.29. The van der Waals surface area contributed by atoms with Crippen LogP contribution in [0.1, 0.15) is 175 Å². The maximum atomic E-state index is 6.12. The van der Waals surface area contributed by atoms with Gasteiger partial charge in [0.05, 0.1) is 18.8 Å². The molecule has 0 aromatic carbocycles. The van der Waals surface area contributed by atoms with Crippen LogP contribution in [0, 0.1) is 0 Å². The van der Waals surface area contributed by atoms with Crippen LogP contribution in [0.15, 0.2) is 48.6 Å². The number of rotatable bonds is 35. The predicted molar refractivity (Wildman–Crippen MR) is 202 cm³/mol. The molecule has 0 N–H and O–H groups in total. The zero-order chi connectivity index (χ0) is 32.9. The van der Waals surface area contributed by atoms with E-state index in [-0.39, 0.29) is 5.54 Å². The van der Waals surface area contributed by atoms with Crippen molar-refractivity contribution in [1.29, 1.82) is 0 Å². The summed E-state index contributed by atoms with van der Waals surface area (Å²) in [5, 5.41) is 0. The van der Waals surface area contributed by atoms with Crippen LogP contribution in [0.2, 0.25) is 0 Å². The minimum atomic E-state index is -0.0588. The fraction of sp³-hybridized carbons (Fsp3) is 0.810. The van der Waals surface area contributed by atoms with Gasteiger partial charge in [-0.25, -0.2) is 0 Å². The summed E-state index contributed by atoms with van der Waals surface area (Å²) in [5.41, 5.74) is -0.0588. The standard InChI is InChI=1S/C42H79NO2/c1-6-8-10-12-14-16-18-20-22-24-26-28-30-32-34-36-38-44-40-42(3,43(4)5)41-45-39-37-35-33-31-29-27-25-23-21-19-17-15-13-11-9-7-2/h14-17,20-23H,6-13,18-19,24-41H2,1-5H3. The fourth-order valence-electron chi connectivity index (χ4n) is 5.27. The normalized spacial score (nSPS) is 13.9. The second kappa shape index (κ2) is 35.7. The average Bonchev–Trinajstić information content (AvgIpc) is 3.03. The average molecular weight is 630 g/mol. The van der Waals surface area contributed by atoms with Crippen LogP contribution in [0.5, 0.6) is 0 Å². The first-order valence-electron chi connectivity index (χ1n) is 19.5. The lowest BCUT2D eigenvalue weighted by molar-refractivity contribution is -0.0336. The van der Waals surface area contributed by atoms with Gasteiger partial charge < -0.3 is 9.47 Å². The van der Waals surface area contributed by atoms with Crippen LogP contribution in [-0.4, -0.2) is 51.0 Å². The van der Waals surface area contributed by atoms with Crippen molar-refractivity contribution >= 4 is 0 Å². The summed E-state index contributed by atoms with van der Waals surface area (Å²) < 4.78 is 12.2. The third kappa shape index (κ3) is 32.6. The van der Waals surface area contributed by atoms with Gasteiger partial charge in [0.15, 0.2) is 0 Å². The quantitative estimate of drug-likeness (QED) is 0.0514. The number of likely N-dealkylation sites (N-methyl/N-ethyl adjacent to an activating group) is 1. The Morgan fingerprint density at radius 2 is 0.733 bits per heavy atom. The Hall–Kier alpha value is -1.16. The first-order chi connectivity index (χ1) is 22.1. The van der Waals surface area contributed by atoms with Crippen molar-refractivity contribution in [3.63, 3.8) is 0 Å². The van der Waals surface area contributed by atoms with Crippen molar-refractivity contribution in [2.75, 3.05) is 40.5 Å². The second-order valence-corrected chi connectivity index (χ2v) is 13.7. The molecule has 0 fully saturated rings. The topological polar surface area (TPSA) is 21.7 Å². The van der Waals surface area contributed by atoms with Crippen LogP contribution < -0.4 is 0 Å². The molecule has 264 valence electrons. The summed E-state index contributed by atoms with van der Waals surface area (Å²) in [4.78, 5) is 2.27. The van der Waals surface area contributed by atoms with Crippen LogP contribution in [-0.2, 0) is 9.47 Å². The van der Waals surface area contributed by atoms with Crippen molar-refractivity contribution in [3.8, 4) is 0 Å². The van der Waals surface area contributed by atoms with E-state index < -0.39 is 0 Å². The molecule has 0 atom stereocenters. The Morgan fingerprint density at radius 3 is 1.07 bits per heavy atom. The van der Waals surface area contributed by atoms with Crippen molar-refractivity contribution in [3.05, 3.63) is 48.6 Å². The molecule has 0 saturated carbocycles. The third-order valence-electron chi connectivity index (χ3n) is 8.88. The van der Waals surface area contributed by atoms with E-state index in [1.54, 1.807) is 0 Å². The van der Waals surface area contributed by atoms with Crippen LogP contribution in [0.4, 0.5) is 0 Å². The molecule has 0 saturated heterocycles. The minimum Gasteiger partial charge on any atom is -0.379 e. The number of hydrogen-bond acceptors (Lipinski definition) is 3. The molecule has 0 aromatic rings. The highest BCUT2D eigenvalue weighted by Crippen LogP contribution is 2.15. The Balaban J connectivity index is 3.61. The lowest BCUT2D eigenvalue weighted by Gasteiger charge is -2.36. The third-order valence-corrected chi connectivity index (χ3v) is 8.88. The summed E-state index contributed by atoms with van der Waals surface area (Å²) in [6.07, 6.45) is 49.5. The van der Waals surface area contributed by atoms with Gasteiger partial charge in [0.2, 0.25) is 0 Å². The number of hydrogen-bond donors (Lipinski definition) is 0. The van der Waals surface area contributed by atoms with E-state index in [1.807, 2.05) is 0 Å². The number of unbranched alkanes of at least 4 members (excludes halogenated alkanes) is 18. The van der Waals surface area contributed by atoms with Gasteiger partial charge in [0.1, 0.15) is 0 Å². The van der Waals surface area contributed by atoms with Crippen molar-refractivity contribution in [2.24, 2.45) is 0 Å². The van der Waals surface area contributed by atoms with Gasteiger partial charge in [-0.1, -0.05) is 140 Å². The Kier molecular flexibility index (Phi) is 34.8. The fourth-order valence-corrected chi connectivity index (χ4v) is 5.27. The predicted octanol–water partition coefficient (Wildman–Crippen LogP) is 13.0. The molecule has 0 unspecified atom stereocenters. The SMILES string of the molecule is CCCCCC=CCC=CCCCCCCCCOCC(C)(COCCCCCCCCC=CCC=CCCCCC)N(C)C. The molecule has 45 heavy (non-hydrogen) atoms. The molecule has 3 nitrogen and oxygen atoms in total. The number of ether oxygens (including phenoxy) is 2. The summed E-state index contributed by atoms with van der Waals surface area (Å²) in [5.74, 6) is 0. The molecular weight excluding hydrogens is 550 g/mol. The van der Waals surface area contributed by atoms with Crippen molar-refractivity contribution < 1.29 is 9.47 Å². The first kappa shape index (κ1) is 43.8. The monoisotopic (exact) mass is 630 g/mol. The maximum Gasteiger partial charge on any atom is 0.0670 e. The molecular formula is C42H79NO2. The van der Waals surface area contributed by atoms with E-state index in [9.17, 15) is 0 Å². The van der Waals surface area contributed by atoms with Gasteiger partial charge in [-0.2, -0.15) is 0 Å². The molecule has 0 spiro atoms. The highest BCUT2D eigenvalue weighted by Gasteiger charge is 2.27. The zero-order valence-electron chi connectivity index (χ0n) is 31.2. The largest absolute Gasteiger partial charge is 0.379 e. The first-order valence-corrected chi connectivity index (χ1v) is 19.5. The zero-order valence-corrected chi connectivity index (χ0v) is 31.2. The lowest BCUT2D eigenvalue weighted by atomic mass is 10.0.